The normalized spacial score (nSPS) is 13.5. The summed E-state index contributed by atoms with van der Waals surface area (Å²) in [6.45, 7) is 0.0434. The predicted octanol–water partition coefficient (Wildman–Crippen LogP) is 0.962. The van der Waals surface area contributed by atoms with Crippen LogP contribution in [0.1, 0.15) is 22.4 Å². The number of nitrogens with one attached hydrogen (secondary N) is 1. The Balaban J connectivity index is 1.85. The number of aliphatic hydroxyl groups excluding tert-OH is 1. The molecule has 0 amide bonds. The Bertz CT molecular complexity index is 872. The van der Waals surface area contributed by atoms with Crippen LogP contribution in [0.25, 0.3) is 0 Å². The highest BCUT2D eigenvalue weighted by Gasteiger charge is 2.28. The average Bonchev–Trinajstić information content (AvgIpc) is 3.04. The Labute approximate surface area is 140 Å². The van der Waals surface area contributed by atoms with E-state index in [2.05, 4.69) is 14.7 Å². The lowest BCUT2D eigenvalue weighted by Gasteiger charge is -2.14. The molecule has 0 bridgehead atoms. The minimum absolute atomic E-state index is 0.00312. The fourth-order valence-corrected chi connectivity index (χ4v) is 3.79. The number of fused-ring (bicyclic) bond motifs is 1. The van der Waals surface area contributed by atoms with Gasteiger partial charge in [-0.15, -0.1) is 0 Å². The van der Waals surface area contributed by atoms with E-state index >= 15 is 0 Å². The van der Waals surface area contributed by atoms with Gasteiger partial charge in [-0.1, -0.05) is 12.1 Å². The molecular weight excluding hydrogens is 330 g/mol. The largest absolute Gasteiger partial charge is 0.496 e. The Morgan fingerprint density at radius 1 is 1.29 bits per heavy atom. The summed E-state index contributed by atoms with van der Waals surface area (Å²) in [5, 5.41) is 9.44. The fraction of sp³-hybridized carbons (Fsp3) is 0.250. The quantitative estimate of drug-likeness (QED) is 0.839. The van der Waals surface area contributed by atoms with Crippen LogP contribution in [0.15, 0.2) is 41.5 Å². The second kappa shape index (κ2) is 6.68. The van der Waals surface area contributed by atoms with Crippen molar-refractivity contribution in [2.45, 2.75) is 19.7 Å². The number of aromatic nitrogens is 1. The van der Waals surface area contributed by atoms with Gasteiger partial charge in [0, 0.05) is 23.9 Å². The van der Waals surface area contributed by atoms with Gasteiger partial charge in [-0.05, 0) is 23.8 Å². The molecule has 0 spiro atoms. The molecule has 0 unspecified atom stereocenters. The standard InChI is InChI=1S/C16H17N3O4S/c1-23-15-6-2-4-11(10-20)13(15)8-19-24(21,22)16-12-5-3-7-17-14(12)9-18-16/h2-7,19-20H,8-10H2,1H3. The number of benzene rings is 1. The zero-order chi connectivity index (χ0) is 17.2. The Morgan fingerprint density at radius 2 is 2.12 bits per heavy atom. The molecule has 3 rings (SSSR count). The van der Waals surface area contributed by atoms with Crippen LogP contribution in [0, 0.1) is 0 Å². The first-order valence-corrected chi connectivity index (χ1v) is 8.79. The summed E-state index contributed by atoms with van der Waals surface area (Å²) >= 11 is 0. The van der Waals surface area contributed by atoms with Crippen LogP contribution in [-0.2, 0) is 29.7 Å². The number of methoxy groups -OCH3 is 1. The lowest BCUT2D eigenvalue weighted by molar-refractivity contribution is 0.279. The van der Waals surface area contributed by atoms with Crippen LogP contribution in [0.2, 0.25) is 0 Å². The van der Waals surface area contributed by atoms with E-state index in [1.807, 2.05) is 0 Å². The van der Waals surface area contributed by atoms with Crippen molar-refractivity contribution in [1.82, 2.24) is 9.71 Å². The minimum atomic E-state index is -3.80. The molecule has 126 valence electrons. The Hall–Kier alpha value is -2.29. The zero-order valence-corrected chi connectivity index (χ0v) is 13.9. The molecule has 1 aromatic carbocycles. The van der Waals surface area contributed by atoms with E-state index in [1.54, 1.807) is 36.5 Å². The highest BCUT2D eigenvalue weighted by Crippen LogP contribution is 2.24. The Kier molecular flexibility index (Phi) is 4.61. The molecule has 0 aliphatic carbocycles. The third-order valence-corrected chi connectivity index (χ3v) is 5.19. The van der Waals surface area contributed by atoms with Gasteiger partial charge >= 0.3 is 0 Å². The number of hydrogen-bond acceptors (Lipinski definition) is 6. The van der Waals surface area contributed by atoms with Gasteiger partial charge in [-0.2, -0.15) is 0 Å². The van der Waals surface area contributed by atoms with Gasteiger partial charge < -0.3 is 9.84 Å². The summed E-state index contributed by atoms with van der Waals surface area (Å²) in [6, 6.07) is 8.55. The highest BCUT2D eigenvalue weighted by atomic mass is 32.2. The van der Waals surface area contributed by atoms with Gasteiger partial charge in [0.05, 0.1) is 26.0 Å². The molecule has 1 aliphatic heterocycles. The third-order valence-electron chi connectivity index (χ3n) is 3.81. The van der Waals surface area contributed by atoms with Gasteiger partial charge in [0.25, 0.3) is 10.0 Å². The van der Waals surface area contributed by atoms with E-state index in [-0.39, 0.29) is 24.7 Å². The smallest absolute Gasteiger partial charge is 0.258 e. The van der Waals surface area contributed by atoms with Crippen LogP contribution in [-0.4, -0.2) is 30.7 Å². The maximum atomic E-state index is 12.6. The number of hydrogen-bond donors (Lipinski definition) is 2. The van der Waals surface area contributed by atoms with Crippen LogP contribution >= 0.6 is 0 Å². The topological polar surface area (TPSA) is 101 Å². The number of ether oxygens (including phenoxy) is 1. The molecule has 24 heavy (non-hydrogen) atoms. The predicted molar refractivity (Wildman–Crippen MR) is 89.2 cm³/mol. The van der Waals surface area contributed by atoms with Crippen molar-refractivity contribution in [3.05, 3.63) is 58.9 Å². The van der Waals surface area contributed by atoms with Crippen molar-refractivity contribution < 1.29 is 18.3 Å². The molecule has 0 fully saturated rings. The Morgan fingerprint density at radius 3 is 2.88 bits per heavy atom. The molecule has 1 aliphatic rings. The molecule has 1 aromatic heterocycles. The first-order chi connectivity index (χ1) is 11.6. The van der Waals surface area contributed by atoms with E-state index < -0.39 is 10.0 Å². The van der Waals surface area contributed by atoms with Crippen LogP contribution in [0.3, 0.4) is 0 Å². The van der Waals surface area contributed by atoms with E-state index in [1.165, 1.54) is 7.11 Å². The number of sulfonamides is 1. The SMILES string of the molecule is COc1cccc(CO)c1CNS(=O)(=O)C1=NCc2ncccc21. The summed E-state index contributed by atoms with van der Waals surface area (Å²) in [4.78, 5) is 8.23. The molecule has 2 aromatic rings. The number of aliphatic imine (C=N–C) groups is 1. The summed E-state index contributed by atoms with van der Waals surface area (Å²) in [5.41, 5.74) is 2.36. The average molecular weight is 347 g/mol. The molecule has 0 radical (unpaired) electrons. The van der Waals surface area contributed by atoms with Crippen molar-refractivity contribution in [3.8, 4) is 5.75 Å². The zero-order valence-electron chi connectivity index (χ0n) is 13.1. The van der Waals surface area contributed by atoms with Crippen LogP contribution < -0.4 is 9.46 Å². The van der Waals surface area contributed by atoms with Gasteiger partial charge in [0.1, 0.15) is 5.75 Å². The molecule has 0 saturated carbocycles. The summed E-state index contributed by atoms with van der Waals surface area (Å²) in [6.07, 6.45) is 1.61. The molecule has 8 heteroatoms. The number of nitrogens with zero attached hydrogens (tertiary/aromatic N) is 2. The van der Waals surface area contributed by atoms with Crippen LogP contribution in [0.5, 0.6) is 5.75 Å². The second-order valence-corrected chi connectivity index (χ2v) is 6.88. The maximum Gasteiger partial charge on any atom is 0.258 e. The van der Waals surface area contributed by atoms with Gasteiger partial charge in [0.15, 0.2) is 5.04 Å². The maximum absolute atomic E-state index is 12.6. The van der Waals surface area contributed by atoms with E-state index in [0.29, 0.717) is 28.1 Å². The molecule has 2 heterocycles. The van der Waals surface area contributed by atoms with Crippen LogP contribution in [0.4, 0.5) is 0 Å². The summed E-state index contributed by atoms with van der Waals surface area (Å²) in [7, 11) is -2.30. The van der Waals surface area contributed by atoms with Gasteiger partial charge in [-0.3, -0.25) is 9.98 Å². The number of pyridine rings is 1. The third kappa shape index (κ3) is 3.03. The molecular formula is C16H17N3O4S. The lowest BCUT2D eigenvalue weighted by atomic mass is 10.1. The molecule has 2 N–H and O–H groups in total. The van der Waals surface area contributed by atoms with Gasteiger partial charge in [-0.25, -0.2) is 13.1 Å². The van der Waals surface area contributed by atoms with Crippen molar-refractivity contribution in [3.63, 3.8) is 0 Å². The second-order valence-electron chi connectivity index (χ2n) is 5.20. The fourth-order valence-electron chi connectivity index (χ4n) is 2.61. The van der Waals surface area contributed by atoms with Crippen molar-refractivity contribution in [2.75, 3.05) is 7.11 Å². The summed E-state index contributed by atoms with van der Waals surface area (Å²) in [5.74, 6) is 0.514. The van der Waals surface area contributed by atoms with E-state index in [4.69, 9.17) is 4.74 Å². The lowest BCUT2D eigenvalue weighted by Crippen LogP contribution is -2.31. The summed E-state index contributed by atoms with van der Waals surface area (Å²) < 4.78 is 33.0. The number of aliphatic hydroxyl groups is 1. The van der Waals surface area contributed by atoms with E-state index in [9.17, 15) is 13.5 Å². The molecule has 0 saturated heterocycles. The monoisotopic (exact) mass is 347 g/mol. The highest BCUT2D eigenvalue weighted by molar-refractivity contribution is 8.05. The van der Waals surface area contributed by atoms with Crippen molar-refractivity contribution in [1.29, 1.82) is 0 Å². The molecule has 7 nitrogen and oxygen atoms in total. The molecule has 0 atom stereocenters. The minimum Gasteiger partial charge on any atom is -0.496 e. The first-order valence-electron chi connectivity index (χ1n) is 7.31. The first kappa shape index (κ1) is 16.6. The van der Waals surface area contributed by atoms with E-state index in [0.717, 1.165) is 0 Å². The van der Waals surface area contributed by atoms with Crippen molar-refractivity contribution >= 4 is 15.1 Å². The van der Waals surface area contributed by atoms with Gasteiger partial charge in [0.2, 0.25) is 0 Å². The van der Waals surface area contributed by atoms with Crippen molar-refractivity contribution in [2.24, 2.45) is 4.99 Å². The number of rotatable bonds is 5.